The molecule has 8 heteroatoms. The predicted octanol–water partition coefficient (Wildman–Crippen LogP) is 4.18. The van der Waals surface area contributed by atoms with Gasteiger partial charge in [0, 0.05) is 0 Å². The van der Waals surface area contributed by atoms with Gasteiger partial charge in [0.2, 0.25) is 0 Å². The first-order valence-corrected chi connectivity index (χ1v) is 8.57. The second-order valence-electron chi connectivity index (χ2n) is 6.12. The van der Waals surface area contributed by atoms with Crippen molar-refractivity contribution in [1.82, 2.24) is 4.98 Å². The van der Waals surface area contributed by atoms with Crippen LogP contribution in [0.15, 0.2) is 54.6 Å². The van der Waals surface area contributed by atoms with Crippen molar-refractivity contribution in [3.05, 3.63) is 83.2 Å². The first-order chi connectivity index (χ1) is 13.9. The molecular formula is C21H17F2N3O3. The number of methoxy groups -OCH3 is 1. The molecule has 0 radical (unpaired) electrons. The van der Waals surface area contributed by atoms with E-state index in [1.807, 2.05) is 13.0 Å². The number of aromatic nitrogens is 1. The van der Waals surface area contributed by atoms with Crippen LogP contribution in [0.4, 0.5) is 20.2 Å². The molecule has 0 unspecified atom stereocenters. The van der Waals surface area contributed by atoms with Crippen LogP contribution >= 0.6 is 0 Å². The van der Waals surface area contributed by atoms with Crippen molar-refractivity contribution in [1.29, 1.82) is 0 Å². The zero-order valence-electron chi connectivity index (χ0n) is 15.6. The molecule has 0 spiro atoms. The smallest absolute Gasteiger partial charge is 0.274 e. The molecule has 1 heterocycles. The Hall–Kier alpha value is -3.81. The largest absolute Gasteiger partial charge is 0.495 e. The van der Waals surface area contributed by atoms with Gasteiger partial charge in [-0.25, -0.2) is 13.8 Å². The van der Waals surface area contributed by atoms with E-state index in [4.69, 9.17) is 4.74 Å². The molecule has 0 bridgehead atoms. The van der Waals surface area contributed by atoms with Crippen LogP contribution in [0.25, 0.3) is 0 Å². The number of hydrogen-bond donors (Lipinski definition) is 2. The number of anilines is 2. The first-order valence-electron chi connectivity index (χ1n) is 8.57. The summed E-state index contributed by atoms with van der Waals surface area (Å²) in [6, 6.07) is 12.7. The topological polar surface area (TPSA) is 80.3 Å². The molecule has 0 atom stereocenters. The number of amides is 2. The number of ether oxygens (including phenoxy) is 1. The fraction of sp³-hybridized carbons (Fsp3) is 0.0952. The average Bonchev–Trinajstić information content (AvgIpc) is 2.71. The number of benzene rings is 2. The molecule has 0 aliphatic rings. The zero-order chi connectivity index (χ0) is 21.0. The van der Waals surface area contributed by atoms with Crippen LogP contribution in [0.1, 0.15) is 26.5 Å². The highest BCUT2D eigenvalue weighted by Gasteiger charge is 2.17. The summed E-state index contributed by atoms with van der Waals surface area (Å²) < 4.78 is 32.7. The molecule has 0 fully saturated rings. The van der Waals surface area contributed by atoms with Crippen molar-refractivity contribution in [2.75, 3.05) is 17.7 Å². The molecule has 2 amide bonds. The van der Waals surface area contributed by atoms with Crippen LogP contribution in [-0.4, -0.2) is 23.9 Å². The van der Waals surface area contributed by atoms with Crippen LogP contribution in [-0.2, 0) is 0 Å². The maximum Gasteiger partial charge on any atom is 0.274 e. The van der Waals surface area contributed by atoms with Gasteiger partial charge < -0.3 is 15.4 Å². The molecule has 0 saturated heterocycles. The lowest BCUT2D eigenvalue weighted by molar-refractivity contribution is 0.101. The number of carbonyl (C=O) groups excluding carboxylic acids is 2. The highest BCUT2D eigenvalue weighted by atomic mass is 19.1. The zero-order valence-corrected chi connectivity index (χ0v) is 15.6. The molecule has 1 aromatic heterocycles. The number of carbonyl (C=O) groups is 2. The van der Waals surface area contributed by atoms with E-state index in [0.717, 1.165) is 17.7 Å². The second kappa shape index (κ2) is 8.47. The summed E-state index contributed by atoms with van der Waals surface area (Å²) in [6.45, 7) is 1.86. The minimum atomic E-state index is -0.918. The van der Waals surface area contributed by atoms with Crippen LogP contribution in [0, 0.1) is 18.6 Å². The summed E-state index contributed by atoms with van der Waals surface area (Å²) in [5.74, 6) is -2.79. The molecule has 6 nitrogen and oxygen atoms in total. The van der Waals surface area contributed by atoms with Gasteiger partial charge in [-0.05, 0) is 48.9 Å². The highest BCUT2D eigenvalue weighted by Crippen LogP contribution is 2.25. The lowest BCUT2D eigenvalue weighted by Crippen LogP contribution is -2.19. The van der Waals surface area contributed by atoms with Gasteiger partial charge in [0.05, 0.1) is 12.8 Å². The SMILES string of the molecule is COc1ccc(C)cc1NC(=O)c1cccc(C(=O)Nc2c(F)cccc2F)n1. The number of nitrogens with zero attached hydrogens (tertiary/aromatic N) is 1. The summed E-state index contributed by atoms with van der Waals surface area (Å²) in [5, 5.41) is 4.81. The third kappa shape index (κ3) is 4.55. The van der Waals surface area contributed by atoms with Crippen molar-refractivity contribution in [3.8, 4) is 5.75 Å². The monoisotopic (exact) mass is 397 g/mol. The van der Waals surface area contributed by atoms with Crippen molar-refractivity contribution in [3.63, 3.8) is 0 Å². The van der Waals surface area contributed by atoms with E-state index in [1.54, 1.807) is 12.1 Å². The minimum Gasteiger partial charge on any atom is -0.495 e. The van der Waals surface area contributed by atoms with Crippen LogP contribution in [0.3, 0.4) is 0 Å². The van der Waals surface area contributed by atoms with Crippen molar-refractivity contribution >= 4 is 23.2 Å². The number of nitrogens with one attached hydrogen (secondary N) is 2. The van der Waals surface area contributed by atoms with E-state index >= 15 is 0 Å². The molecule has 0 aliphatic carbocycles. The number of pyridine rings is 1. The molecule has 2 N–H and O–H groups in total. The van der Waals surface area contributed by atoms with Gasteiger partial charge in [0.15, 0.2) is 0 Å². The van der Waals surface area contributed by atoms with Crippen molar-refractivity contribution in [2.45, 2.75) is 6.92 Å². The Bertz CT molecular complexity index is 1070. The Kier molecular flexibility index (Phi) is 5.82. The van der Waals surface area contributed by atoms with E-state index in [1.165, 1.54) is 31.4 Å². The van der Waals surface area contributed by atoms with E-state index in [9.17, 15) is 18.4 Å². The van der Waals surface area contributed by atoms with Gasteiger partial charge in [-0.1, -0.05) is 18.2 Å². The van der Waals surface area contributed by atoms with Gasteiger partial charge >= 0.3 is 0 Å². The van der Waals surface area contributed by atoms with Crippen LogP contribution in [0.2, 0.25) is 0 Å². The third-order valence-corrected chi connectivity index (χ3v) is 4.02. The molecule has 0 saturated carbocycles. The molecule has 3 aromatic rings. The average molecular weight is 397 g/mol. The Morgan fingerprint density at radius 2 is 1.48 bits per heavy atom. The normalized spacial score (nSPS) is 10.3. The second-order valence-corrected chi connectivity index (χ2v) is 6.12. The maximum atomic E-state index is 13.7. The van der Waals surface area contributed by atoms with Gasteiger partial charge in [0.1, 0.15) is 34.5 Å². The molecule has 3 rings (SSSR count). The number of hydrogen-bond acceptors (Lipinski definition) is 4. The van der Waals surface area contributed by atoms with Crippen LogP contribution in [0.5, 0.6) is 5.75 Å². The predicted molar refractivity (Wildman–Crippen MR) is 104 cm³/mol. The van der Waals surface area contributed by atoms with Crippen molar-refractivity contribution in [2.24, 2.45) is 0 Å². The van der Waals surface area contributed by atoms with E-state index < -0.39 is 29.1 Å². The first kappa shape index (κ1) is 19.9. The standard InChI is InChI=1S/C21H17F2N3O3/c1-12-9-10-18(29-2)17(11-12)25-20(27)15-7-4-8-16(24-15)21(28)26-19-13(22)5-3-6-14(19)23/h3-11H,1-2H3,(H,25,27)(H,26,28). The van der Waals surface area contributed by atoms with Gasteiger partial charge in [-0.15, -0.1) is 0 Å². The van der Waals surface area contributed by atoms with E-state index in [0.29, 0.717) is 11.4 Å². The summed E-state index contributed by atoms with van der Waals surface area (Å²) >= 11 is 0. The summed E-state index contributed by atoms with van der Waals surface area (Å²) in [4.78, 5) is 28.9. The summed E-state index contributed by atoms with van der Waals surface area (Å²) in [7, 11) is 1.48. The van der Waals surface area contributed by atoms with Crippen molar-refractivity contribution < 1.29 is 23.1 Å². The molecule has 148 valence electrons. The number of aryl methyl sites for hydroxylation is 1. The van der Waals surface area contributed by atoms with Gasteiger partial charge in [0.25, 0.3) is 11.8 Å². The number of halogens is 2. The third-order valence-electron chi connectivity index (χ3n) is 4.02. The Labute approximate surface area is 165 Å². The van der Waals surface area contributed by atoms with Crippen LogP contribution < -0.4 is 15.4 Å². The summed E-state index contributed by atoms with van der Waals surface area (Å²) in [5.41, 5.74) is 0.557. The quantitative estimate of drug-likeness (QED) is 0.677. The fourth-order valence-corrected chi connectivity index (χ4v) is 2.59. The Morgan fingerprint density at radius 1 is 0.897 bits per heavy atom. The number of rotatable bonds is 5. The Morgan fingerprint density at radius 3 is 2.10 bits per heavy atom. The van der Waals surface area contributed by atoms with E-state index in [-0.39, 0.29) is 11.4 Å². The lowest BCUT2D eigenvalue weighted by Gasteiger charge is -2.11. The molecule has 29 heavy (non-hydrogen) atoms. The maximum absolute atomic E-state index is 13.7. The van der Waals surface area contributed by atoms with Gasteiger partial charge in [-0.3, -0.25) is 9.59 Å². The molecular weight excluding hydrogens is 380 g/mol. The summed E-state index contributed by atoms with van der Waals surface area (Å²) in [6.07, 6.45) is 0. The molecule has 0 aliphatic heterocycles. The molecule has 2 aromatic carbocycles. The van der Waals surface area contributed by atoms with Gasteiger partial charge in [-0.2, -0.15) is 0 Å². The minimum absolute atomic E-state index is 0.0461. The Balaban J connectivity index is 1.81. The number of para-hydroxylation sites is 1. The van der Waals surface area contributed by atoms with E-state index in [2.05, 4.69) is 15.6 Å². The lowest BCUT2D eigenvalue weighted by atomic mass is 10.2. The highest BCUT2D eigenvalue weighted by molar-refractivity contribution is 6.06. The fourth-order valence-electron chi connectivity index (χ4n) is 2.59.